The highest BCUT2D eigenvalue weighted by Crippen LogP contribution is 2.45. The van der Waals surface area contributed by atoms with Gasteiger partial charge >= 0.3 is 6.18 Å². The number of aryl methyl sites for hydroxylation is 1. The van der Waals surface area contributed by atoms with E-state index in [1.165, 1.54) is 17.4 Å². The summed E-state index contributed by atoms with van der Waals surface area (Å²) in [5, 5.41) is 13.6. The van der Waals surface area contributed by atoms with Crippen molar-refractivity contribution in [2.24, 2.45) is 5.41 Å². The lowest BCUT2D eigenvalue weighted by Crippen LogP contribution is -2.45. The molecule has 2 fully saturated rings. The summed E-state index contributed by atoms with van der Waals surface area (Å²) in [5.41, 5.74) is -0.302. The van der Waals surface area contributed by atoms with Crippen molar-refractivity contribution >= 4 is 28.8 Å². The highest BCUT2D eigenvalue weighted by atomic mass is 32.1. The highest BCUT2D eigenvalue weighted by molar-refractivity contribution is 7.12. The first kappa shape index (κ1) is 24.1. The Hall–Kier alpha value is -3.06. The highest BCUT2D eigenvalue weighted by Gasteiger charge is 2.50. The number of halogens is 3. The first-order chi connectivity index (χ1) is 16.1. The smallest absolute Gasteiger partial charge is 0.371 e. The van der Waals surface area contributed by atoms with Crippen LogP contribution in [-0.2, 0) is 11.0 Å². The zero-order valence-corrected chi connectivity index (χ0v) is 19.7. The van der Waals surface area contributed by atoms with Gasteiger partial charge in [0.25, 0.3) is 5.91 Å². The number of rotatable bonds is 3. The molecule has 34 heavy (non-hydrogen) atoms. The van der Waals surface area contributed by atoms with E-state index in [4.69, 9.17) is 5.26 Å². The number of hydrogen-bond acceptors (Lipinski definition) is 5. The number of carbonyl (C=O) groups is 2. The molecule has 1 N–H and O–H groups in total. The fourth-order valence-electron chi connectivity index (χ4n) is 5.06. The predicted octanol–water partition coefficient (Wildman–Crippen LogP) is 4.19. The van der Waals surface area contributed by atoms with Crippen molar-refractivity contribution in [2.45, 2.75) is 38.4 Å². The van der Waals surface area contributed by atoms with E-state index in [1.54, 1.807) is 24.1 Å². The molecule has 0 bridgehead atoms. The monoisotopic (exact) mass is 490 g/mol. The Morgan fingerprint density at radius 2 is 1.94 bits per heavy atom. The van der Waals surface area contributed by atoms with E-state index < -0.39 is 23.3 Å². The van der Waals surface area contributed by atoms with Crippen molar-refractivity contribution in [3.63, 3.8) is 0 Å². The lowest BCUT2D eigenvalue weighted by Gasteiger charge is -2.40. The molecule has 180 valence electrons. The number of piperidine rings is 1. The number of anilines is 1. The summed E-state index contributed by atoms with van der Waals surface area (Å²) < 4.78 is 40.2. The van der Waals surface area contributed by atoms with Gasteiger partial charge in [-0.15, -0.1) is 11.3 Å². The van der Waals surface area contributed by atoms with Crippen molar-refractivity contribution in [3.05, 3.63) is 51.2 Å². The average Bonchev–Trinajstić information content (AvgIpc) is 3.41. The molecule has 2 aliphatic heterocycles. The average molecular weight is 491 g/mol. The van der Waals surface area contributed by atoms with E-state index >= 15 is 0 Å². The van der Waals surface area contributed by atoms with Crippen LogP contribution in [0.25, 0.3) is 0 Å². The van der Waals surface area contributed by atoms with Crippen molar-refractivity contribution in [1.29, 1.82) is 5.26 Å². The first-order valence-corrected chi connectivity index (χ1v) is 11.9. The van der Waals surface area contributed by atoms with Crippen LogP contribution in [0.5, 0.6) is 0 Å². The molecule has 1 unspecified atom stereocenters. The Morgan fingerprint density at radius 1 is 1.24 bits per heavy atom. The molecule has 1 aromatic heterocycles. The summed E-state index contributed by atoms with van der Waals surface area (Å²) in [4.78, 5) is 30.1. The van der Waals surface area contributed by atoms with E-state index in [1.807, 2.05) is 23.3 Å². The Bertz CT molecular complexity index is 1150. The summed E-state index contributed by atoms with van der Waals surface area (Å²) in [6.07, 6.45) is -2.78. The summed E-state index contributed by atoms with van der Waals surface area (Å²) in [5.74, 6) is -0.355. The Kier molecular flexibility index (Phi) is 6.34. The minimum atomic E-state index is -4.61. The molecular formula is C24H25F3N4O2S. The van der Waals surface area contributed by atoms with Gasteiger partial charge in [-0.3, -0.25) is 9.59 Å². The molecule has 2 saturated heterocycles. The fraction of sp³-hybridized carbons (Fsp3) is 0.458. The van der Waals surface area contributed by atoms with Gasteiger partial charge < -0.3 is 15.1 Å². The second-order valence-corrected chi connectivity index (χ2v) is 9.94. The topological polar surface area (TPSA) is 76.4 Å². The van der Waals surface area contributed by atoms with E-state index in [0.29, 0.717) is 49.5 Å². The molecule has 4 rings (SSSR count). The number of thiophene rings is 1. The number of carbonyl (C=O) groups excluding carboxylic acids is 2. The van der Waals surface area contributed by atoms with Crippen molar-refractivity contribution in [1.82, 2.24) is 10.2 Å². The lowest BCUT2D eigenvalue weighted by atomic mass is 9.76. The van der Waals surface area contributed by atoms with Gasteiger partial charge in [-0.25, -0.2) is 0 Å². The van der Waals surface area contributed by atoms with Crippen LogP contribution in [0.15, 0.2) is 29.6 Å². The number of nitrogens with zero attached hydrogens (tertiary/aromatic N) is 3. The van der Waals surface area contributed by atoms with Gasteiger partial charge in [-0.05, 0) is 66.8 Å². The van der Waals surface area contributed by atoms with Gasteiger partial charge in [0, 0.05) is 32.4 Å². The van der Waals surface area contributed by atoms with Crippen LogP contribution in [0.4, 0.5) is 18.9 Å². The number of likely N-dealkylation sites (N-methyl/N-ethyl adjacent to an activating group) is 1. The second-order valence-electron chi connectivity index (χ2n) is 9.03. The maximum atomic E-state index is 13.4. The van der Waals surface area contributed by atoms with Gasteiger partial charge in [0.15, 0.2) is 0 Å². The van der Waals surface area contributed by atoms with Crippen LogP contribution in [0.2, 0.25) is 0 Å². The molecule has 2 aromatic rings. The molecule has 3 heterocycles. The molecule has 1 aromatic carbocycles. The third-order valence-electron chi connectivity index (χ3n) is 6.99. The number of amides is 2. The van der Waals surface area contributed by atoms with Crippen LogP contribution < -0.4 is 10.2 Å². The van der Waals surface area contributed by atoms with Gasteiger partial charge in [0.2, 0.25) is 5.91 Å². The maximum Gasteiger partial charge on any atom is 0.417 e. The Labute approximate surface area is 200 Å². The molecule has 0 aliphatic carbocycles. The molecule has 1 atom stereocenters. The third kappa shape index (κ3) is 4.37. The molecule has 10 heteroatoms. The zero-order valence-electron chi connectivity index (χ0n) is 18.9. The van der Waals surface area contributed by atoms with Gasteiger partial charge in [-0.1, -0.05) is 0 Å². The molecular weight excluding hydrogens is 465 g/mol. The first-order valence-electron chi connectivity index (χ1n) is 11.0. The standard InChI is InChI=1S/C24H25F3N4O2S/c1-15-5-10-34-20(15)22(33)31-14-23(12-19(31)21(32)29-2)6-8-30(9-7-23)17-4-3-16(13-28)18(11-17)24(25,26)27/h3-5,10-11,19H,6-9,12,14H2,1-2H3,(H,29,32). The van der Waals surface area contributed by atoms with Crippen LogP contribution in [-0.4, -0.2) is 49.4 Å². The summed E-state index contributed by atoms with van der Waals surface area (Å²) in [7, 11) is 1.55. The quantitative estimate of drug-likeness (QED) is 0.700. The van der Waals surface area contributed by atoms with E-state index in [-0.39, 0.29) is 17.2 Å². The number of nitrogens with one attached hydrogen (secondary N) is 1. The third-order valence-corrected chi connectivity index (χ3v) is 8.00. The Balaban J connectivity index is 1.54. The van der Waals surface area contributed by atoms with E-state index in [2.05, 4.69) is 5.32 Å². The summed E-state index contributed by atoms with van der Waals surface area (Å²) in [6.45, 7) is 3.32. The lowest BCUT2D eigenvalue weighted by molar-refractivity contribution is -0.137. The van der Waals surface area contributed by atoms with E-state index in [0.717, 1.165) is 11.6 Å². The fourth-order valence-corrected chi connectivity index (χ4v) is 5.94. The maximum absolute atomic E-state index is 13.4. The number of benzene rings is 1. The van der Waals surface area contributed by atoms with Crippen LogP contribution >= 0.6 is 11.3 Å². The number of hydrogen-bond donors (Lipinski definition) is 1. The molecule has 1 spiro atoms. The van der Waals surface area contributed by atoms with Crippen LogP contribution in [0.1, 0.15) is 45.6 Å². The SMILES string of the molecule is CNC(=O)C1CC2(CCN(c3ccc(C#N)c(C(F)(F)F)c3)CC2)CN1C(=O)c1sccc1C. The van der Waals surface area contributed by atoms with Crippen LogP contribution in [0, 0.1) is 23.7 Å². The summed E-state index contributed by atoms with van der Waals surface area (Å²) in [6, 6.07) is 6.71. The zero-order chi connectivity index (χ0) is 24.7. The second kappa shape index (κ2) is 8.95. The minimum absolute atomic E-state index is 0.151. The van der Waals surface area contributed by atoms with Crippen molar-refractivity contribution in [3.8, 4) is 6.07 Å². The number of alkyl halides is 3. The van der Waals surface area contributed by atoms with Crippen molar-refractivity contribution in [2.75, 3.05) is 31.6 Å². The Morgan fingerprint density at radius 3 is 2.50 bits per heavy atom. The minimum Gasteiger partial charge on any atom is -0.371 e. The molecule has 0 saturated carbocycles. The van der Waals surface area contributed by atoms with E-state index in [9.17, 15) is 22.8 Å². The van der Waals surface area contributed by atoms with Crippen molar-refractivity contribution < 1.29 is 22.8 Å². The van der Waals surface area contributed by atoms with Gasteiger partial charge in [0.05, 0.1) is 22.1 Å². The van der Waals surface area contributed by atoms with Gasteiger partial charge in [0.1, 0.15) is 6.04 Å². The summed E-state index contributed by atoms with van der Waals surface area (Å²) >= 11 is 1.36. The van der Waals surface area contributed by atoms with Crippen LogP contribution in [0.3, 0.4) is 0 Å². The number of nitriles is 1. The van der Waals surface area contributed by atoms with Gasteiger partial charge in [-0.2, -0.15) is 18.4 Å². The molecule has 6 nitrogen and oxygen atoms in total. The number of likely N-dealkylation sites (tertiary alicyclic amines) is 1. The largest absolute Gasteiger partial charge is 0.417 e. The normalized spacial score (nSPS) is 19.8. The predicted molar refractivity (Wildman–Crippen MR) is 123 cm³/mol. The molecule has 2 amide bonds. The molecule has 2 aliphatic rings. The molecule has 0 radical (unpaired) electrons.